The second-order valence-corrected chi connectivity index (χ2v) is 6.94. The highest BCUT2D eigenvalue weighted by Crippen LogP contribution is 2.39. The molecular formula is C21H13ClF5N3O4. The van der Waals surface area contributed by atoms with Gasteiger partial charge in [-0.3, -0.25) is 9.59 Å². The number of methoxy groups -OCH3 is 1. The SMILES string of the molecule is COc1nc(Cl)ccc1Oc1ccc(C(F)(F)F)c(F)c1C(=O)Nc1ccc(C(N)=O)c(F)c1. The molecule has 1 heterocycles. The van der Waals surface area contributed by atoms with E-state index in [9.17, 15) is 31.5 Å². The van der Waals surface area contributed by atoms with Crippen molar-refractivity contribution < 1.29 is 41.0 Å². The van der Waals surface area contributed by atoms with E-state index in [1.807, 2.05) is 0 Å². The Hall–Kier alpha value is -3.93. The van der Waals surface area contributed by atoms with Crippen molar-refractivity contribution in [1.82, 2.24) is 4.98 Å². The normalized spacial score (nSPS) is 11.1. The summed E-state index contributed by atoms with van der Waals surface area (Å²) in [5.41, 5.74) is 1.35. The van der Waals surface area contributed by atoms with Crippen LogP contribution in [0.4, 0.5) is 27.6 Å². The van der Waals surface area contributed by atoms with Crippen molar-refractivity contribution in [2.75, 3.05) is 12.4 Å². The van der Waals surface area contributed by atoms with Gasteiger partial charge >= 0.3 is 6.18 Å². The van der Waals surface area contributed by atoms with Crippen LogP contribution in [0.2, 0.25) is 5.15 Å². The van der Waals surface area contributed by atoms with Gasteiger partial charge in [-0.25, -0.2) is 8.78 Å². The highest BCUT2D eigenvalue weighted by atomic mass is 35.5. The first kappa shape index (κ1) is 24.7. The molecule has 2 amide bonds. The zero-order valence-corrected chi connectivity index (χ0v) is 17.7. The van der Waals surface area contributed by atoms with E-state index in [0.717, 1.165) is 18.2 Å². The van der Waals surface area contributed by atoms with Gasteiger partial charge in [0.05, 0.1) is 18.2 Å². The number of alkyl halides is 3. The molecule has 0 aliphatic rings. The number of nitrogens with two attached hydrogens (primary N) is 1. The lowest BCUT2D eigenvalue weighted by atomic mass is 10.1. The third-order valence-corrected chi connectivity index (χ3v) is 4.54. The Morgan fingerprint density at radius 1 is 1.06 bits per heavy atom. The number of rotatable bonds is 6. The third-order valence-electron chi connectivity index (χ3n) is 4.33. The molecule has 3 N–H and O–H groups in total. The maximum atomic E-state index is 14.9. The highest BCUT2D eigenvalue weighted by molar-refractivity contribution is 6.29. The molecule has 0 saturated heterocycles. The molecular weight excluding hydrogens is 489 g/mol. The van der Waals surface area contributed by atoms with Crippen molar-refractivity contribution in [1.29, 1.82) is 0 Å². The van der Waals surface area contributed by atoms with Gasteiger partial charge < -0.3 is 20.5 Å². The van der Waals surface area contributed by atoms with Crippen molar-refractivity contribution in [3.8, 4) is 17.4 Å². The number of hydrogen-bond acceptors (Lipinski definition) is 5. The molecule has 0 radical (unpaired) electrons. The first-order valence-electron chi connectivity index (χ1n) is 9.11. The summed E-state index contributed by atoms with van der Waals surface area (Å²) in [7, 11) is 1.21. The number of pyridine rings is 1. The van der Waals surface area contributed by atoms with Gasteiger partial charge in [0, 0.05) is 5.69 Å². The molecule has 0 atom stereocenters. The quantitative estimate of drug-likeness (QED) is 0.358. The summed E-state index contributed by atoms with van der Waals surface area (Å²) in [5, 5.41) is 2.06. The Morgan fingerprint density at radius 3 is 2.32 bits per heavy atom. The molecule has 0 spiro atoms. The molecule has 7 nitrogen and oxygen atoms in total. The monoisotopic (exact) mass is 501 g/mol. The third kappa shape index (κ3) is 5.17. The Bertz CT molecular complexity index is 1280. The van der Waals surface area contributed by atoms with E-state index in [1.165, 1.54) is 19.2 Å². The highest BCUT2D eigenvalue weighted by Gasteiger charge is 2.37. The van der Waals surface area contributed by atoms with E-state index in [2.05, 4.69) is 10.3 Å². The number of ether oxygens (including phenoxy) is 2. The van der Waals surface area contributed by atoms with E-state index < -0.39 is 52.1 Å². The van der Waals surface area contributed by atoms with Crippen LogP contribution in [0, 0.1) is 11.6 Å². The molecule has 0 saturated carbocycles. The summed E-state index contributed by atoms with van der Waals surface area (Å²) in [6.07, 6.45) is -5.13. The lowest BCUT2D eigenvalue weighted by molar-refractivity contribution is -0.140. The molecule has 34 heavy (non-hydrogen) atoms. The van der Waals surface area contributed by atoms with Gasteiger partial charge in [-0.15, -0.1) is 0 Å². The van der Waals surface area contributed by atoms with Crippen molar-refractivity contribution in [2.24, 2.45) is 5.73 Å². The molecule has 0 bridgehead atoms. The van der Waals surface area contributed by atoms with Gasteiger partial charge in [0.15, 0.2) is 11.6 Å². The number of nitrogens with one attached hydrogen (secondary N) is 1. The molecule has 3 rings (SSSR count). The molecule has 13 heteroatoms. The number of halogens is 6. The summed E-state index contributed by atoms with van der Waals surface area (Å²) < 4.78 is 79.1. The second-order valence-electron chi connectivity index (χ2n) is 6.55. The first-order valence-corrected chi connectivity index (χ1v) is 9.49. The van der Waals surface area contributed by atoms with E-state index >= 15 is 0 Å². The molecule has 0 aliphatic heterocycles. The van der Waals surface area contributed by atoms with Crippen LogP contribution in [-0.2, 0) is 6.18 Å². The Kier molecular flexibility index (Phi) is 6.91. The zero-order chi connectivity index (χ0) is 25.2. The molecule has 0 aliphatic carbocycles. The number of aromatic nitrogens is 1. The van der Waals surface area contributed by atoms with Gasteiger partial charge in [-0.2, -0.15) is 18.2 Å². The molecule has 3 aromatic rings. The minimum Gasteiger partial charge on any atom is -0.478 e. The predicted molar refractivity (Wildman–Crippen MR) is 110 cm³/mol. The Balaban J connectivity index is 2.07. The molecule has 0 unspecified atom stereocenters. The number of hydrogen-bond donors (Lipinski definition) is 2. The first-order chi connectivity index (χ1) is 15.9. The minimum atomic E-state index is -5.13. The maximum absolute atomic E-state index is 14.9. The molecule has 0 fully saturated rings. The van der Waals surface area contributed by atoms with Gasteiger partial charge in [-0.1, -0.05) is 11.6 Å². The van der Waals surface area contributed by atoms with E-state index in [-0.39, 0.29) is 22.5 Å². The zero-order valence-electron chi connectivity index (χ0n) is 17.0. The Labute approximate surface area is 193 Å². The fourth-order valence-electron chi connectivity index (χ4n) is 2.81. The van der Waals surface area contributed by atoms with E-state index in [0.29, 0.717) is 12.1 Å². The molecule has 1 aromatic heterocycles. The number of amides is 2. The number of anilines is 1. The fourth-order valence-corrected chi connectivity index (χ4v) is 2.95. The number of primary amides is 1. The number of benzene rings is 2. The summed E-state index contributed by atoms with van der Waals surface area (Å²) in [6.45, 7) is 0. The lowest BCUT2D eigenvalue weighted by Gasteiger charge is -2.17. The van der Waals surface area contributed by atoms with Crippen LogP contribution in [0.25, 0.3) is 0 Å². The average Bonchev–Trinajstić information content (AvgIpc) is 2.73. The van der Waals surface area contributed by atoms with Crippen molar-refractivity contribution in [3.63, 3.8) is 0 Å². The van der Waals surface area contributed by atoms with Crippen LogP contribution in [0.1, 0.15) is 26.3 Å². The average molecular weight is 502 g/mol. The fraction of sp³-hybridized carbons (Fsp3) is 0.0952. The van der Waals surface area contributed by atoms with Gasteiger partial charge in [0.25, 0.3) is 17.7 Å². The van der Waals surface area contributed by atoms with Crippen LogP contribution in [0.3, 0.4) is 0 Å². The van der Waals surface area contributed by atoms with Crippen molar-refractivity contribution >= 4 is 29.1 Å². The summed E-state index contributed by atoms with van der Waals surface area (Å²) in [5.74, 6) is -6.52. The molecule has 2 aromatic carbocycles. The summed E-state index contributed by atoms with van der Waals surface area (Å²) in [6, 6.07) is 6.31. The lowest BCUT2D eigenvalue weighted by Crippen LogP contribution is -2.19. The second kappa shape index (κ2) is 9.51. The number of carbonyl (C=O) groups excluding carboxylic acids is 2. The Morgan fingerprint density at radius 2 is 1.74 bits per heavy atom. The molecule has 178 valence electrons. The largest absolute Gasteiger partial charge is 0.478 e. The van der Waals surface area contributed by atoms with Crippen LogP contribution in [0.5, 0.6) is 17.4 Å². The van der Waals surface area contributed by atoms with Crippen molar-refractivity contribution in [2.45, 2.75) is 6.18 Å². The van der Waals surface area contributed by atoms with Crippen LogP contribution in [0.15, 0.2) is 42.5 Å². The topological polar surface area (TPSA) is 104 Å². The van der Waals surface area contributed by atoms with Crippen LogP contribution >= 0.6 is 11.6 Å². The van der Waals surface area contributed by atoms with E-state index in [4.69, 9.17) is 26.8 Å². The van der Waals surface area contributed by atoms with Crippen LogP contribution in [-0.4, -0.2) is 23.9 Å². The smallest absolute Gasteiger partial charge is 0.419 e. The van der Waals surface area contributed by atoms with Crippen molar-refractivity contribution in [3.05, 3.63) is 75.9 Å². The predicted octanol–water partition coefficient (Wildman–Crippen LogP) is 5.18. The van der Waals surface area contributed by atoms with E-state index in [1.54, 1.807) is 0 Å². The van der Waals surface area contributed by atoms with Gasteiger partial charge in [0.2, 0.25) is 0 Å². The van der Waals surface area contributed by atoms with Gasteiger partial charge in [0.1, 0.15) is 22.3 Å². The van der Waals surface area contributed by atoms with Crippen LogP contribution < -0.4 is 20.5 Å². The summed E-state index contributed by atoms with van der Waals surface area (Å²) >= 11 is 5.75. The summed E-state index contributed by atoms with van der Waals surface area (Å²) in [4.78, 5) is 27.7. The minimum absolute atomic E-state index is 0.00204. The number of carbonyl (C=O) groups is 2. The van der Waals surface area contributed by atoms with Gasteiger partial charge in [-0.05, 0) is 42.5 Å². The maximum Gasteiger partial charge on any atom is 0.419 e. The number of nitrogens with zero attached hydrogens (tertiary/aromatic N) is 1. The standard InChI is InChI=1S/C21H13ClF5N3O4/c1-33-20-14(6-7-15(22)30-20)34-13-5-4-11(21(25,26)27)17(24)16(13)19(32)29-9-2-3-10(18(28)31)12(23)8-9/h2-8H,1H3,(H2,28,31)(H,29,32).